The van der Waals surface area contributed by atoms with E-state index in [1.165, 1.54) is 5.56 Å². The van der Waals surface area contributed by atoms with E-state index in [1.807, 2.05) is 12.1 Å². The lowest BCUT2D eigenvalue weighted by atomic mass is 9.99. The van der Waals surface area contributed by atoms with E-state index in [0.29, 0.717) is 11.6 Å². The summed E-state index contributed by atoms with van der Waals surface area (Å²) in [5.74, 6) is 0.476. The van der Waals surface area contributed by atoms with Crippen molar-refractivity contribution in [3.05, 3.63) is 29.8 Å². The van der Waals surface area contributed by atoms with Crippen molar-refractivity contribution in [2.75, 3.05) is 12.4 Å². The van der Waals surface area contributed by atoms with Crippen LogP contribution in [-0.4, -0.2) is 19.2 Å². The lowest BCUT2D eigenvalue weighted by Gasteiger charge is -2.09. The zero-order chi connectivity index (χ0) is 14.3. The van der Waals surface area contributed by atoms with Crippen molar-refractivity contribution in [1.82, 2.24) is 0 Å². The average molecular weight is 263 g/mol. The Morgan fingerprint density at radius 1 is 1.26 bits per heavy atom. The molecule has 6 nitrogen and oxygen atoms in total. The minimum atomic E-state index is -0.915. The number of hydrogen-bond acceptors (Lipinski definition) is 3. The summed E-state index contributed by atoms with van der Waals surface area (Å²) in [5, 5.41) is 8.71. The fourth-order valence-electron chi connectivity index (χ4n) is 1.41. The lowest BCUT2D eigenvalue weighted by Crippen LogP contribution is -2.06. The second-order valence-electron chi connectivity index (χ2n) is 4.03. The Bertz CT molecular complexity index is 469. The zero-order valence-corrected chi connectivity index (χ0v) is 11.2. The molecule has 0 aliphatic heterocycles. The van der Waals surface area contributed by atoms with Gasteiger partial charge in [-0.1, -0.05) is 36.2 Å². The first-order chi connectivity index (χ1) is 9.06. The predicted molar refractivity (Wildman–Crippen MR) is 71.4 cm³/mol. The van der Waals surface area contributed by atoms with E-state index < -0.39 is 12.1 Å². The maximum Gasteiger partial charge on any atom is 0.452 e. The van der Waals surface area contributed by atoms with E-state index in [1.54, 1.807) is 12.1 Å². The van der Waals surface area contributed by atoms with Crippen LogP contribution in [0.15, 0.2) is 34.5 Å². The first kappa shape index (κ1) is 14.8. The highest BCUT2D eigenvalue weighted by Gasteiger charge is 2.05. The maximum absolute atomic E-state index is 11.3. The summed E-state index contributed by atoms with van der Waals surface area (Å²) in [6.07, 6.45) is 0.140. The minimum absolute atomic E-state index is 0.476. The van der Waals surface area contributed by atoms with Crippen LogP contribution < -0.4 is 5.32 Å². The number of nitrogens with one attached hydrogen (secondary N) is 1. The van der Waals surface area contributed by atoms with Crippen LogP contribution >= 0.6 is 0 Å². The molecular formula is C13H17N3O3. The van der Waals surface area contributed by atoms with Gasteiger partial charge in [-0.3, -0.25) is 0 Å². The third kappa shape index (κ3) is 4.87. The highest BCUT2D eigenvalue weighted by atomic mass is 16.5. The number of azo groups is 1. The molecule has 1 rings (SSSR count). The monoisotopic (exact) mass is 263 g/mol. The molecule has 0 aliphatic rings. The molecule has 0 fully saturated rings. The first-order valence-electron chi connectivity index (χ1n) is 5.97. The number of anilines is 1. The highest BCUT2D eigenvalue weighted by molar-refractivity contribution is 5.90. The smallest absolute Gasteiger partial charge is 0.450 e. The minimum Gasteiger partial charge on any atom is -0.450 e. The number of carbonyl (C=O) groups is 2. The summed E-state index contributed by atoms with van der Waals surface area (Å²) < 4.78 is 4.23. The normalized spacial score (nSPS) is 12.2. The second-order valence-corrected chi connectivity index (χ2v) is 4.03. The van der Waals surface area contributed by atoms with Gasteiger partial charge in [0.25, 0.3) is 0 Å². The molecule has 1 unspecified atom stereocenters. The van der Waals surface area contributed by atoms with E-state index in [4.69, 9.17) is 0 Å². The predicted octanol–water partition coefficient (Wildman–Crippen LogP) is 3.95. The largest absolute Gasteiger partial charge is 0.452 e. The van der Waals surface area contributed by atoms with Crippen molar-refractivity contribution >= 4 is 17.8 Å². The van der Waals surface area contributed by atoms with Crippen LogP contribution in [0.4, 0.5) is 15.3 Å². The number of nitrogens with zero attached hydrogens (tertiary/aromatic N) is 2. The lowest BCUT2D eigenvalue weighted by molar-refractivity contribution is 0.180. The number of rotatable bonds is 3. The number of carbonyl (C=O) groups excluding carboxylic acids is 2. The van der Waals surface area contributed by atoms with Crippen LogP contribution in [0.2, 0.25) is 0 Å². The van der Waals surface area contributed by atoms with E-state index in [9.17, 15) is 9.59 Å². The van der Waals surface area contributed by atoms with Gasteiger partial charge >= 0.3 is 12.1 Å². The molecule has 1 atom stereocenters. The van der Waals surface area contributed by atoms with Crippen LogP contribution in [0.3, 0.4) is 0 Å². The number of ether oxygens (including phenoxy) is 1. The molecule has 0 radical (unpaired) electrons. The molecule has 0 saturated carbocycles. The number of urea groups is 1. The summed E-state index contributed by atoms with van der Waals surface area (Å²) in [7, 11) is 1.16. The highest BCUT2D eigenvalue weighted by Crippen LogP contribution is 2.20. The molecule has 0 aliphatic carbocycles. The standard InChI is InChI=1S/C13H17N3O3/c1-4-9(2)10-5-7-11(8-6-10)14-12(17)15-16-13(18)19-3/h5-9H,4H2,1-3H3,(H,14,17)/b16-15+. The number of amides is 3. The van der Waals surface area contributed by atoms with Gasteiger partial charge in [0.05, 0.1) is 7.11 Å². The van der Waals surface area contributed by atoms with Gasteiger partial charge in [0.2, 0.25) is 0 Å². The van der Waals surface area contributed by atoms with E-state index in [2.05, 4.69) is 34.1 Å². The summed E-state index contributed by atoms with van der Waals surface area (Å²) in [6, 6.07) is 6.74. The number of benzene rings is 1. The molecule has 1 aromatic rings. The zero-order valence-electron chi connectivity index (χ0n) is 11.2. The molecule has 19 heavy (non-hydrogen) atoms. The molecule has 102 valence electrons. The van der Waals surface area contributed by atoms with Gasteiger partial charge in [0, 0.05) is 5.69 Å². The molecule has 0 aromatic heterocycles. The molecule has 1 N–H and O–H groups in total. The van der Waals surface area contributed by atoms with Gasteiger partial charge < -0.3 is 10.1 Å². The van der Waals surface area contributed by atoms with Crippen molar-refractivity contribution in [3.8, 4) is 0 Å². The van der Waals surface area contributed by atoms with Gasteiger partial charge in [-0.25, -0.2) is 9.59 Å². The fourth-order valence-corrected chi connectivity index (χ4v) is 1.41. The van der Waals surface area contributed by atoms with Gasteiger partial charge in [0.15, 0.2) is 0 Å². The topological polar surface area (TPSA) is 80.1 Å². The molecule has 6 heteroatoms. The molecule has 0 spiro atoms. The molecule has 0 heterocycles. The van der Waals surface area contributed by atoms with Gasteiger partial charge in [-0.05, 0) is 30.0 Å². The molecule has 1 aromatic carbocycles. The molecule has 3 amide bonds. The van der Waals surface area contributed by atoms with Gasteiger partial charge in [0.1, 0.15) is 0 Å². The Kier molecular flexibility index (Phi) is 5.66. The second kappa shape index (κ2) is 7.25. The van der Waals surface area contributed by atoms with Crippen molar-refractivity contribution in [2.24, 2.45) is 10.2 Å². The third-order valence-electron chi connectivity index (χ3n) is 2.74. The number of hydrogen-bond donors (Lipinski definition) is 1. The summed E-state index contributed by atoms with van der Waals surface area (Å²) >= 11 is 0. The molecular weight excluding hydrogens is 246 g/mol. The average Bonchev–Trinajstić information content (AvgIpc) is 2.44. The van der Waals surface area contributed by atoms with Crippen molar-refractivity contribution in [2.45, 2.75) is 26.2 Å². The first-order valence-corrected chi connectivity index (χ1v) is 5.97. The third-order valence-corrected chi connectivity index (χ3v) is 2.74. The summed E-state index contributed by atoms with van der Waals surface area (Å²) in [4.78, 5) is 22.0. The van der Waals surface area contributed by atoms with Crippen LogP contribution in [-0.2, 0) is 4.74 Å². The van der Waals surface area contributed by atoms with E-state index >= 15 is 0 Å². The van der Waals surface area contributed by atoms with Crippen molar-refractivity contribution in [1.29, 1.82) is 0 Å². The number of methoxy groups -OCH3 is 1. The Balaban J connectivity index is 2.60. The molecule has 0 bridgehead atoms. The van der Waals surface area contributed by atoms with Gasteiger partial charge in [-0.15, -0.1) is 0 Å². The van der Waals surface area contributed by atoms with E-state index in [-0.39, 0.29) is 0 Å². The van der Waals surface area contributed by atoms with Crippen LogP contribution in [0.25, 0.3) is 0 Å². The van der Waals surface area contributed by atoms with Crippen LogP contribution in [0.5, 0.6) is 0 Å². The SMILES string of the molecule is CCC(C)c1ccc(NC(=O)/N=N/C(=O)OC)cc1. The van der Waals surface area contributed by atoms with Crippen LogP contribution in [0, 0.1) is 0 Å². The van der Waals surface area contributed by atoms with Crippen molar-refractivity contribution in [3.63, 3.8) is 0 Å². The Labute approximate surface area is 111 Å². The summed E-state index contributed by atoms with van der Waals surface area (Å²) in [6.45, 7) is 4.26. The fraction of sp³-hybridized carbons (Fsp3) is 0.385. The summed E-state index contributed by atoms with van der Waals surface area (Å²) in [5.41, 5.74) is 1.80. The maximum atomic E-state index is 11.3. The Morgan fingerprint density at radius 2 is 1.89 bits per heavy atom. The Morgan fingerprint density at radius 3 is 2.42 bits per heavy atom. The quantitative estimate of drug-likeness (QED) is 0.838. The van der Waals surface area contributed by atoms with Crippen molar-refractivity contribution < 1.29 is 14.3 Å². The van der Waals surface area contributed by atoms with Crippen LogP contribution in [0.1, 0.15) is 31.7 Å². The Hall–Kier alpha value is -2.24. The van der Waals surface area contributed by atoms with Gasteiger partial charge in [-0.2, -0.15) is 0 Å². The molecule has 0 saturated heterocycles. The van der Waals surface area contributed by atoms with E-state index in [0.717, 1.165) is 13.5 Å².